The molecule has 27 heavy (non-hydrogen) atoms. The van der Waals surface area contributed by atoms with E-state index in [-0.39, 0.29) is 10.8 Å². The Morgan fingerprint density at radius 2 is 1.52 bits per heavy atom. The molecule has 0 atom stereocenters. The molecule has 3 rings (SSSR count). The molecule has 0 saturated carbocycles. The van der Waals surface area contributed by atoms with Crippen LogP contribution in [0.2, 0.25) is 0 Å². The molecular weight excluding hydrogens is 360 g/mol. The van der Waals surface area contributed by atoms with Crippen LogP contribution in [0.5, 0.6) is 0 Å². The Balaban J connectivity index is 1.70. The summed E-state index contributed by atoms with van der Waals surface area (Å²) in [5.41, 5.74) is 2.36. The van der Waals surface area contributed by atoms with Crippen LogP contribution in [0.25, 0.3) is 0 Å². The fourth-order valence-electron chi connectivity index (χ4n) is 3.24. The number of sulfonamides is 1. The van der Waals surface area contributed by atoms with Crippen molar-refractivity contribution in [2.75, 3.05) is 18.4 Å². The highest BCUT2D eigenvalue weighted by molar-refractivity contribution is 7.89. The number of rotatable bonds is 5. The van der Waals surface area contributed by atoms with E-state index in [1.807, 2.05) is 24.3 Å². The van der Waals surface area contributed by atoms with Crippen LogP contribution in [0.4, 0.5) is 5.69 Å². The van der Waals surface area contributed by atoms with E-state index in [1.54, 1.807) is 16.4 Å². The molecule has 0 aromatic heterocycles. The van der Waals surface area contributed by atoms with Crippen molar-refractivity contribution in [1.29, 1.82) is 0 Å². The lowest BCUT2D eigenvalue weighted by Crippen LogP contribution is -2.31. The summed E-state index contributed by atoms with van der Waals surface area (Å²) >= 11 is 0. The highest BCUT2D eigenvalue weighted by atomic mass is 32.2. The Hall–Kier alpha value is -2.18. The van der Waals surface area contributed by atoms with Gasteiger partial charge in [0.15, 0.2) is 0 Å². The maximum absolute atomic E-state index is 12.8. The molecule has 1 N–H and O–H groups in total. The van der Waals surface area contributed by atoms with Gasteiger partial charge in [0, 0.05) is 24.3 Å². The van der Waals surface area contributed by atoms with Crippen LogP contribution in [-0.4, -0.2) is 31.7 Å². The van der Waals surface area contributed by atoms with E-state index >= 15 is 0 Å². The third-order valence-electron chi connectivity index (χ3n) is 4.94. The topological polar surface area (TPSA) is 66.5 Å². The zero-order chi connectivity index (χ0) is 19.3. The van der Waals surface area contributed by atoms with Gasteiger partial charge in [0.1, 0.15) is 0 Å². The van der Waals surface area contributed by atoms with E-state index in [0.717, 1.165) is 37.8 Å². The molecule has 2 aromatic carbocycles. The Morgan fingerprint density at radius 1 is 0.926 bits per heavy atom. The first-order chi connectivity index (χ1) is 13.0. The maximum Gasteiger partial charge on any atom is 0.255 e. The summed E-state index contributed by atoms with van der Waals surface area (Å²) in [6, 6.07) is 13.9. The standard InChI is InChI=1S/C21H26N2O3S/c1-2-17-7-11-19(12-8-17)22-21(24)18-9-13-20(14-10-18)27(25,26)23-15-5-3-4-6-16-23/h7-14H,2-6,15-16H2,1H3,(H,22,24). The zero-order valence-corrected chi connectivity index (χ0v) is 16.5. The predicted octanol–water partition coefficient (Wildman–Crippen LogP) is 4.07. The highest BCUT2D eigenvalue weighted by Crippen LogP contribution is 2.21. The first kappa shape index (κ1) is 19.6. The molecule has 1 aliphatic heterocycles. The molecule has 0 aliphatic carbocycles. The van der Waals surface area contributed by atoms with Crippen LogP contribution >= 0.6 is 0 Å². The molecule has 6 heteroatoms. The van der Waals surface area contributed by atoms with Crippen LogP contribution in [-0.2, 0) is 16.4 Å². The summed E-state index contributed by atoms with van der Waals surface area (Å²) in [6.45, 7) is 3.21. The van der Waals surface area contributed by atoms with Crippen LogP contribution in [0.3, 0.4) is 0 Å². The summed E-state index contributed by atoms with van der Waals surface area (Å²) in [7, 11) is -3.49. The van der Waals surface area contributed by atoms with Crippen molar-refractivity contribution in [3.05, 3.63) is 59.7 Å². The van der Waals surface area contributed by atoms with Gasteiger partial charge in [0.25, 0.3) is 5.91 Å². The van der Waals surface area contributed by atoms with Crippen molar-refractivity contribution >= 4 is 21.6 Å². The van der Waals surface area contributed by atoms with Crippen LogP contribution < -0.4 is 5.32 Å². The lowest BCUT2D eigenvalue weighted by molar-refractivity contribution is 0.102. The molecule has 0 radical (unpaired) electrons. The van der Waals surface area contributed by atoms with Crippen molar-refractivity contribution in [2.24, 2.45) is 0 Å². The lowest BCUT2D eigenvalue weighted by Gasteiger charge is -2.20. The molecular formula is C21H26N2O3S. The first-order valence-corrected chi connectivity index (χ1v) is 11.0. The average Bonchev–Trinajstić information content (AvgIpc) is 2.99. The molecule has 0 unspecified atom stereocenters. The van der Waals surface area contributed by atoms with Crippen molar-refractivity contribution in [2.45, 2.75) is 43.9 Å². The van der Waals surface area contributed by atoms with Crippen molar-refractivity contribution < 1.29 is 13.2 Å². The highest BCUT2D eigenvalue weighted by Gasteiger charge is 2.25. The van der Waals surface area contributed by atoms with Crippen LogP contribution in [0, 0.1) is 0 Å². The van der Waals surface area contributed by atoms with E-state index in [4.69, 9.17) is 0 Å². The second kappa shape index (κ2) is 8.67. The quantitative estimate of drug-likeness (QED) is 0.842. The number of carbonyl (C=O) groups is 1. The summed E-state index contributed by atoms with van der Waals surface area (Å²) < 4.78 is 27.2. The van der Waals surface area contributed by atoms with Gasteiger partial charge in [-0.2, -0.15) is 4.31 Å². The molecule has 5 nitrogen and oxygen atoms in total. The molecule has 1 amide bonds. The number of hydrogen-bond donors (Lipinski definition) is 1. The first-order valence-electron chi connectivity index (χ1n) is 9.51. The molecule has 1 heterocycles. The number of benzene rings is 2. The number of nitrogens with one attached hydrogen (secondary N) is 1. The van der Waals surface area contributed by atoms with Gasteiger partial charge in [-0.1, -0.05) is 31.9 Å². The van der Waals surface area contributed by atoms with Gasteiger partial charge in [-0.3, -0.25) is 4.79 Å². The molecule has 1 saturated heterocycles. The van der Waals surface area contributed by atoms with Crippen molar-refractivity contribution in [1.82, 2.24) is 4.31 Å². The minimum absolute atomic E-state index is 0.244. The second-order valence-electron chi connectivity index (χ2n) is 6.85. The zero-order valence-electron chi connectivity index (χ0n) is 15.6. The monoisotopic (exact) mass is 386 g/mol. The number of hydrogen-bond acceptors (Lipinski definition) is 3. The van der Waals surface area contributed by atoms with E-state index in [0.29, 0.717) is 18.7 Å². The third-order valence-corrected chi connectivity index (χ3v) is 6.85. The Kier molecular flexibility index (Phi) is 6.29. The summed E-state index contributed by atoms with van der Waals surface area (Å²) in [5.74, 6) is -0.252. The fourth-order valence-corrected chi connectivity index (χ4v) is 4.75. The van der Waals surface area contributed by atoms with Crippen molar-refractivity contribution in [3.8, 4) is 0 Å². The average molecular weight is 387 g/mol. The lowest BCUT2D eigenvalue weighted by atomic mass is 10.1. The molecule has 1 aliphatic rings. The van der Waals surface area contributed by atoms with Gasteiger partial charge >= 0.3 is 0 Å². The molecule has 1 fully saturated rings. The van der Waals surface area contributed by atoms with Crippen LogP contribution in [0.1, 0.15) is 48.5 Å². The van der Waals surface area contributed by atoms with Gasteiger partial charge in [-0.25, -0.2) is 8.42 Å². The Bertz CT molecular complexity index is 867. The van der Waals surface area contributed by atoms with Gasteiger partial charge < -0.3 is 5.32 Å². The second-order valence-corrected chi connectivity index (χ2v) is 8.79. The summed E-state index contributed by atoms with van der Waals surface area (Å²) in [5, 5.41) is 2.84. The van der Waals surface area contributed by atoms with Gasteiger partial charge in [0.05, 0.1) is 4.90 Å². The maximum atomic E-state index is 12.8. The Labute approximate surface area is 161 Å². The van der Waals surface area contributed by atoms with E-state index in [1.165, 1.54) is 17.7 Å². The minimum Gasteiger partial charge on any atom is -0.322 e. The number of nitrogens with zero attached hydrogens (tertiary/aromatic N) is 1. The largest absolute Gasteiger partial charge is 0.322 e. The SMILES string of the molecule is CCc1ccc(NC(=O)c2ccc(S(=O)(=O)N3CCCCCC3)cc2)cc1. The number of aryl methyl sites for hydroxylation is 1. The van der Waals surface area contributed by atoms with Gasteiger partial charge in [0.2, 0.25) is 10.0 Å². The molecule has 0 bridgehead atoms. The smallest absolute Gasteiger partial charge is 0.255 e. The molecule has 2 aromatic rings. The van der Waals surface area contributed by atoms with Gasteiger partial charge in [-0.15, -0.1) is 0 Å². The molecule has 144 valence electrons. The van der Waals surface area contributed by atoms with Gasteiger partial charge in [-0.05, 0) is 61.2 Å². The summed E-state index contributed by atoms with van der Waals surface area (Å²) in [6.07, 6.45) is 4.89. The summed E-state index contributed by atoms with van der Waals surface area (Å²) in [4.78, 5) is 12.6. The number of anilines is 1. The van der Waals surface area contributed by atoms with Crippen LogP contribution in [0.15, 0.2) is 53.4 Å². The van der Waals surface area contributed by atoms with E-state index < -0.39 is 10.0 Å². The minimum atomic E-state index is -3.49. The van der Waals surface area contributed by atoms with Crippen molar-refractivity contribution in [3.63, 3.8) is 0 Å². The fraction of sp³-hybridized carbons (Fsp3) is 0.381. The Morgan fingerprint density at radius 3 is 2.07 bits per heavy atom. The number of carbonyl (C=O) groups excluding carboxylic acids is 1. The predicted molar refractivity (Wildman–Crippen MR) is 107 cm³/mol. The number of amides is 1. The third kappa shape index (κ3) is 4.76. The molecule has 0 spiro atoms. The van der Waals surface area contributed by atoms with E-state index in [9.17, 15) is 13.2 Å². The van der Waals surface area contributed by atoms with E-state index in [2.05, 4.69) is 12.2 Å². The normalized spacial score (nSPS) is 15.9.